The summed E-state index contributed by atoms with van der Waals surface area (Å²) < 4.78 is 19.8. The number of benzene rings is 3. The monoisotopic (exact) mass is 582 g/mol. The number of carbonyl (C=O) groups excluding carboxylic acids is 1. The summed E-state index contributed by atoms with van der Waals surface area (Å²) in [5.74, 6) is 0.200. The summed E-state index contributed by atoms with van der Waals surface area (Å²) in [6.45, 7) is 6.54. The number of nitrogens with one attached hydrogen (secondary N) is 1. The lowest BCUT2D eigenvalue weighted by atomic mass is 9.87. The Morgan fingerprint density at radius 1 is 0.977 bits per heavy atom. The van der Waals surface area contributed by atoms with Gasteiger partial charge in [-0.1, -0.05) is 76.8 Å². The molecule has 7 heteroatoms. The van der Waals surface area contributed by atoms with Crippen LogP contribution in [0.1, 0.15) is 92.6 Å². The van der Waals surface area contributed by atoms with Gasteiger partial charge in [0.1, 0.15) is 23.0 Å². The van der Waals surface area contributed by atoms with Gasteiger partial charge in [0.05, 0.1) is 6.04 Å². The normalized spacial score (nSPS) is 14.5. The van der Waals surface area contributed by atoms with E-state index >= 15 is 0 Å². The quantitative estimate of drug-likeness (QED) is 0.196. The van der Waals surface area contributed by atoms with Crippen LogP contribution in [0.25, 0.3) is 10.8 Å². The molecular weight excluding hydrogens is 543 g/mol. The molecular formula is C36H39FN2O4. The first kappa shape index (κ1) is 30.2. The summed E-state index contributed by atoms with van der Waals surface area (Å²) in [4.78, 5) is 29.7. The van der Waals surface area contributed by atoms with E-state index < -0.39 is 23.7 Å². The lowest BCUT2D eigenvalue weighted by Gasteiger charge is -2.20. The Morgan fingerprint density at radius 3 is 2.30 bits per heavy atom. The van der Waals surface area contributed by atoms with Gasteiger partial charge in [-0.25, -0.2) is 9.37 Å². The Bertz CT molecular complexity index is 1590. The topological polar surface area (TPSA) is 88.5 Å². The van der Waals surface area contributed by atoms with Crippen LogP contribution in [0.3, 0.4) is 0 Å². The van der Waals surface area contributed by atoms with Crippen molar-refractivity contribution >= 4 is 22.6 Å². The third-order valence-electron chi connectivity index (χ3n) is 8.25. The number of carboxylic acids is 1. The van der Waals surface area contributed by atoms with Crippen molar-refractivity contribution in [2.45, 2.75) is 77.2 Å². The first-order valence-corrected chi connectivity index (χ1v) is 15.1. The van der Waals surface area contributed by atoms with Gasteiger partial charge in [-0.15, -0.1) is 0 Å². The van der Waals surface area contributed by atoms with E-state index in [1.807, 2.05) is 30.3 Å². The van der Waals surface area contributed by atoms with E-state index in [1.165, 1.54) is 30.5 Å². The third kappa shape index (κ3) is 7.78. The van der Waals surface area contributed by atoms with Gasteiger partial charge < -0.3 is 15.2 Å². The molecule has 1 atom stereocenters. The summed E-state index contributed by atoms with van der Waals surface area (Å²) in [5.41, 5.74) is 3.06. The van der Waals surface area contributed by atoms with E-state index in [2.05, 4.69) is 38.2 Å². The third-order valence-corrected chi connectivity index (χ3v) is 8.25. The van der Waals surface area contributed by atoms with Crippen LogP contribution in [0.5, 0.6) is 11.5 Å². The predicted molar refractivity (Wildman–Crippen MR) is 166 cm³/mol. The standard InChI is InChI=1S/C36H39FN2O4/c1-36(2,3)26-11-16-28(17-12-26)43-29-15-10-25-21-33(38-32(30(25)22-29)20-23-6-4-5-7-23)35(42)39-31(18-19-34(40)41)24-8-13-27(37)14-9-24/h8-17,21-23,31H,4-7,18-20H2,1-3H3,(H,39,42)(H,40,41). The molecule has 1 amide bonds. The first-order valence-electron chi connectivity index (χ1n) is 15.1. The lowest BCUT2D eigenvalue weighted by Crippen LogP contribution is -2.30. The molecule has 2 N–H and O–H groups in total. The second-order valence-corrected chi connectivity index (χ2v) is 12.6. The number of hydrogen-bond acceptors (Lipinski definition) is 4. The molecule has 224 valence electrons. The average molecular weight is 583 g/mol. The van der Waals surface area contributed by atoms with Gasteiger partial charge in [0, 0.05) is 17.5 Å². The summed E-state index contributed by atoms with van der Waals surface area (Å²) >= 11 is 0. The fourth-order valence-electron chi connectivity index (χ4n) is 5.80. The highest BCUT2D eigenvalue weighted by molar-refractivity contribution is 5.97. The summed E-state index contributed by atoms with van der Waals surface area (Å²) in [7, 11) is 0. The summed E-state index contributed by atoms with van der Waals surface area (Å²) in [6.07, 6.45) is 5.47. The van der Waals surface area contributed by atoms with Crippen LogP contribution in [-0.4, -0.2) is 22.0 Å². The Balaban J connectivity index is 1.44. The van der Waals surface area contributed by atoms with E-state index in [9.17, 15) is 19.1 Å². The molecule has 1 aliphatic carbocycles. The van der Waals surface area contributed by atoms with E-state index in [0.717, 1.165) is 41.5 Å². The molecule has 3 aromatic carbocycles. The van der Waals surface area contributed by atoms with Gasteiger partial charge in [-0.3, -0.25) is 9.59 Å². The van der Waals surface area contributed by atoms with Crippen LogP contribution in [0, 0.1) is 11.7 Å². The maximum Gasteiger partial charge on any atom is 0.303 e. The molecule has 0 spiro atoms. The van der Waals surface area contributed by atoms with Gasteiger partial charge in [0.15, 0.2) is 0 Å². The van der Waals surface area contributed by atoms with Crippen molar-refractivity contribution < 1.29 is 23.8 Å². The van der Waals surface area contributed by atoms with Crippen LogP contribution < -0.4 is 10.1 Å². The van der Waals surface area contributed by atoms with Crippen molar-refractivity contribution in [1.82, 2.24) is 10.3 Å². The molecule has 0 aliphatic heterocycles. The number of rotatable bonds is 10. The molecule has 1 saturated carbocycles. The number of hydrogen-bond donors (Lipinski definition) is 2. The number of nitrogens with zero attached hydrogens (tertiary/aromatic N) is 1. The largest absolute Gasteiger partial charge is 0.481 e. The van der Waals surface area contributed by atoms with E-state index in [-0.39, 0.29) is 24.0 Å². The second-order valence-electron chi connectivity index (χ2n) is 12.6. The Morgan fingerprint density at radius 2 is 1.65 bits per heavy atom. The average Bonchev–Trinajstić information content (AvgIpc) is 3.48. The van der Waals surface area contributed by atoms with E-state index in [4.69, 9.17) is 9.72 Å². The second kappa shape index (κ2) is 12.9. The number of amides is 1. The van der Waals surface area contributed by atoms with Crippen LogP contribution in [-0.2, 0) is 16.6 Å². The number of ether oxygens (including phenoxy) is 1. The number of halogens is 1. The van der Waals surface area contributed by atoms with Gasteiger partial charge in [-0.05, 0) is 83.2 Å². The van der Waals surface area contributed by atoms with Crippen molar-refractivity contribution in [3.63, 3.8) is 0 Å². The van der Waals surface area contributed by atoms with Crippen LogP contribution in [0.4, 0.5) is 4.39 Å². The van der Waals surface area contributed by atoms with Crippen LogP contribution in [0.2, 0.25) is 0 Å². The number of aliphatic carboxylic acids is 1. The molecule has 5 rings (SSSR count). The zero-order chi connectivity index (χ0) is 30.6. The molecule has 0 saturated heterocycles. The SMILES string of the molecule is CC(C)(C)c1ccc(Oc2ccc3cc(C(=O)NC(CCC(=O)O)c4ccc(F)cc4)nc(CC4CCCC4)c3c2)cc1. The summed E-state index contributed by atoms with van der Waals surface area (Å²) in [6, 6.07) is 20.9. The maximum atomic E-state index is 13.6. The van der Waals surface area contributed by atoms with Crippen LogP contribution >= 0.6 is 0 Å². The highest BCUT2D eigenvalue weighted by Gasteiger charge is 2.22. The zero-order valence-electron chi connectivity index (χ0n) is 25.0. The molecule has 0 bridgehead atoms. The maximum absolute atomic E-state index is 13.6. The molecule has 1 unspecified atom stereocenters. The van der Waals surface area contributed by atoms with Gasteiger partial charge >= 0.3 is 5.97 Å². The van der Waals surface area contributed by atoms with Gasteiger partial charge in [-0.2, -0.15) is 0 Å². The molecule has 4 aromatic rings. The van der Waals surface area contributed by atoms with E-state index in [1.54, 1.807) is 18.2 Å². The van der Waals surface area contributed by atoms with Crippen LogP contribution in [0.15, 0.2) is 72.8 Å². The Kier molecular flexibility index (Phi) is 9.09. The number of carboxylic acid groups (broad SMARTS) is 1. The predicted octanol–water partition coefficient (Wildman–Crippen LogP) is 8.53. The first-order chi connectivity index (χ1) is 20.5. The highest BCUT2D eigenvalue weighted by atomic mass is 19.1. The minimum absolute atomic E-state index is 0.0571. The van der Waals surface area contributed by atoms with Crippen molar-refractivity contribution in [1.29, 1.82) is 0 Å². The number of fused-ring (bicyclic) bond motifs is 1. The fourth-order valence-corrected chi connectivity index (χ4v) is 5.80. The van der Waals surface area contributed by atoms with Crippen molar-refractivity contribution in [2.24, 2.45) is 5.92 Å². The molecule has 1 aliphatic rings. The molecule has 1 fully saturated rings. The van der Waals surface area contributed by atoms with Crippen molar-refractivity contribution in [3.8, 4) is 11.5 Å². The Labute approximate surface area is 252 Å². The molecule has 1 heterocycles. The highest BCUT2D eigenvalue weighted by Crippen LogP contribution is 2.33. The number of aromatic nitrogens is 1. The smallest absolute Gasteiger partial charge is 0.303 e. The van der Waals surface area contributed by atoms with E-state index in [0.29, 0.717) is 17.2 Å². The molecule has 0 radical (unpaired) electrons. The van der Waals surface area contributed by atoms with Crippen molar-refractivity contribution in [3.05, 3.63) is 101 Å². The molecule has 43 heavy (non-hydrogen) atoms. The van der Waals surface area contributed by atoms with Gasteiger partial charge in [0.2, 0.25) is 0 Å². The summed E-state index contributed by atoms with van der Waals surface area (Å²) in [5, 5.41) is 14.1. The number of carbonyl (C=O) groups is 2. The fraction of sp³-hybridized carbons (Fsp3) is 0.361. The lowest BCUT2D eigenvalue weighted by molar-refractivity contribution is -0.137. The minimum Gasteiger partial charge on any atom is -0.481 e. The van der Waals surface area contributed by atoms with Crippen molar-refractivity contribution in [2.75, 3.05) is 0 Å². The molecule has 1 aromatic heterocycles. The molecule has 6 nitrogen and oxygen atoms in total. The van der Waals surface area contributed by atoms with Gasteiger partial charge in [0.25, 0.3) is 5.91 Å². The minimum atomic E-state index is -0.966. The Hall–Kier alpha value is -4.26. The zero-order valence-corrected chi connectivity index (χ0v) is 25.0. The number of pyridine rings is 1.